The fourth-order valence-electron chi connectivity index (χ4n) is 1.79. The molecule has 0 amide bonds. The standard InChI is InChI=1S/C16H15NO/c1-2-15(13-8-4-3-5-9-13)17-16-11-7-6-10-14(16)12-18/h2-12,17H,1H3/b15-2+. The van der Waals surface area contributed by atoms with Crippen molar-refractivity contribution in [2.45, 2.75) is 6.92 Å². The molecule has 0 saturated carbocycles. The predicted octanol–water partition coefficient (Wildman–Crippen LogP) is 3.97. The molecule has 0 aliphatic carbocycles. The first-order chi connectivity index (χ1) is 8.85. The summed E-state index contributed by atoms with van der Waals surface area (Å²) in [4.78, 5) is 11.0. The summed E-state index contributed by atoms with van der Waals surface area (Å²) in [7, 11) is 0. The lowest BCUT2D eigenvalue weighted by Crippen LogP contribution is -2.01. The number of anilines is 1. The maximum atomic E-state index is 11.0. The molecule has 0 spiro atoms. The Hall–Kier alpha value is -2.35. The highest BCUT2D eigenvalue weighted by molar-refractivity contribution is 5.88. The molecule has 2 nitrogen and oxygen atoms in total. The number of nitrogens with one attached hydrogen (secondary N) is 1. The molecule has 0 fully saturated rings. The van der Waals surface area contributed by atoms with Gasteiger partial charge in [0.05, 0.1) is 0 Å². The molecule has 2 rings (SSSR count). The minimum Gasteiger partial charge on any atom is -0.355 e. The van der Waals surface area contributed by atoms with Gasteiger partial charge in [0, 0.05) is 16.9 Å². The van der Waals surface area contributed by atoms with Crippen LogP contribution in [-0.2, 0) is 0 Å². The first-order valence-electron chi connectivity index (χ1n) is 5.88. The average Bonchev–Trinajstić information content (AvgIpc) is 2.46. The third-order valence-electron chi connectivity index (χ3n) is 2.73. The van der Waals surface area contributed by atoms with E-state index in [1.54, 1.807) is 6.07 Å². The Balaban J connectivity index is 2.30. The Kier molecular flexibility index (Phi) is 3.92. The number of aldehydes is 1. The number of benzene rings is 2. The van der Waals surface area contributed by atoms with E-state index in [9.17, 15) is 4.79 Å². The summed E-state index contributed by atoms with van der Waals surface area (Å²) in [6.45, 7) is 1.97. The van der Waals surface area contributed by atoms with Crippen LogP contribution in [0.5, 0.6) is 0 Å². The summed E-state index contributed by atoms with van der Waals surface area (Å²) in [5.41, 5.74) is 3.57. The van der Waals surface area contributed by atoms with Crippen LogP contribution in [0.25, 0.3) is 5.70 Å². The summed E-state index contributed by atoms with van der Waals surface area (Å²) in [6.07, 6.45) is 2.86. The summed E-state index contributed by atoms with van der Waals surface area (Å²) in [6, 6.07) is 17.5. The van der Waals surface area contributed by atoms with Gasteiger partial charge in [-0.25, -0.2) is 0 Å². The van der Waals surface area contributed by atoms with E-state index in [-0.39, 0.29) is 0 Å². The lowest BCUT2D eigenvalue weighted by Gasteiger charge is -2.12. The van der Waals surface area contributed by atoms with Crippen LogP contribution in [0.2, 0.25) is 0 Å². The van der Waals surface area contributed by atoms with Crippen LogP contribution in [0.1, 0.15) is 22.8 Å². The molecule has 90 valence electrons. The van der Waals surface area contributed by atoms with Crippen molar-refractivity contribution in [1.29, 1.82) is 0 Å². The molecule has 0 aromatic heterocycles. The quantitative estimate of drug-likeness (QED) is 0.815. The van der Waals surface area contributed by atoms with E-state index in [0.29, 0.717) is 5.56 Å². The average molecular weight is 237 g/mol. The van der Waals surface area contributed by atoms with E-state index in [1.807, 2.05) is 61.5 Å². The number of carbonyl (C=O) groups is 1. The highest BCUT2D eigenvalue weighted by atomic mass is 16.1. The van der Waals surface area contributed by atoms with Gasteiger partial charge in [-0.1, -0.05) is 48.5 Å². The van der Waals surface area contributed by atoms with E-state index in [4.69, 9.17) is 0 Å². The Morgan fingerprint density at radius 1 is 1.00 bits per heavy atom. The van der Waals surface area contributed by atoms with Crippen LogP contribution in [0, 0.1) is 0 Å². The van der Waals surface area contributed by atoms with Crippen LogP contribution in [0.3, 0.4) is 0 Å². The van der Waals surface area contributed by atoms with Crippen LogP contribution in [0.4, 0.5) is 5.69 Å². The Bertz CT molecular complexity index is 558. The molecule has 0 unspecified atom stereocenters. The van der Waals surface area contributed by atoms with Crippen molar-refractivity contribution in [1.82, 2.24) is 0 Å². The smallest absolute Gasteiger partial charge is 0.152 e. The fourth-order valence-corrected chi connectivity index (χ4v) is 1.79. The minimum absolute atomic E-state index is 0.660. The van der Waals surface area contributed by atoms with E-state index < -0.39 is 0 Å². The van der Waals surface area contributed by atoms with Gasteiger partial charge in [-0.05, 0) is 24.6 Å². The lowest BCUT2D eigenvalue weighted by molar-refractivity contribution is 0.112. The van der Waals surface area contributed by atoms with Crippen LogP contribution >= 0.6 is 0 Å². The molecule has 2 aromatic rings. The van der Waals surface area contributed by atoms with E-state index >= 15 is 0 Å². The fraction of sp³-hybridized carbons (Fsp3) is 0.0625. The summed E-state index contributed by atoms with van der Waals surface area (Å²) >= 11 is 0. The van der Waals surface area contributed by atoms with Crippen molar-refractivity contribution < 1.29 is 4.79 Å². The molecule has 0 saturated heterocycles. The van der Waals surface area contributed by atoms with Gasteiger partial charge in [0.1, 0.15) is 0 Å². The Morgan fingerprint density at radius 3 is 2.33 bits per heavy atom. The molecular weight excluding hydrogens is 222 g/mol. The molecule has 0 aliphatic rings. The van der Waals surface area contributed by atoms with Gasteiger partial charge in [-0.3, -0.25) is 4.79 Å². The molecule has 0 aliphatic heterocycles. The van der Waals surface area contributed by atoms with Crippen molar-refractivity contribution in [3.05, 3.63) is 71.8 Å². The van der Waals surface area contributed by atoms with Crippen molar-refractivity contribution >= 4 is 17.7 Å². The van der Waals surface area contributed by atoms with Crippen molar-refractivity contribution in [3.63, 3.8) is 0 Å². The largest absolute Gasteiger partial charge is 0.355 e. The van der Waals surface area contributed by atoms with Crippen LogP contribution in [0.15, 0.2) is 60.7 Å². The molecule has 0 heterocycles. The van der Waals surface area contributed by atoms with Crippen molar-refractivity contribution in [3.8, 4) is 0 Å². The number of hydrogen-bond acceptors (Lipinski definition) is 2. The second-order valence-electron chi connectivity index (χ2n) is 3.90. The second-order valence-corrected chi connectivity index (χ2v) is 3.90. The Labute approximate surface area is 107 Å². The highest BCUT2D eigenvalue weighted by Crippen LogP contribution is 2.20. The number of hydrogen-bond donors (Lipinski definition) is 1. The van der Waals surface area contributed by atoms with Crippen molar-refractivity contribution in [2.75, 3.05) is 5.32 Å². The lowest BCUT2D eigenvalue weighted by atomic mass is 10.1. The van der Waals surface area contributed by atoms with Gasteiger partial charge in [0.15, 0.2) is 6.29 Å². The SMILES string of the molecule is C/C=C(/Nc1ccccc1C=O)c1ccccc1. The minimum atomic E-state index is 0.660. The summed E-state index contributed by atoms with van der Waals surface area (Å²) in [5, 5.41) is 3.29. The second kappa shape index (κ2) is 5.82. The summed E-state index contributed by atoms with van der Waals surface area (Å²) in [5.74, 6) is 0. The zero-order valence-corrected chi connectivity index (χ0v) is 10.3. The maximum absolute atomic E-state index is 11.0. The number of para-hydroxylation sites is 1. The van der Waals surface area contributed by atoms with Gasteiger partial charge in [-0.15, -0.1) is 0 Å². The highest BCUT2D eigenvalue weighted by Gasteiger charge is 2.03. The molecule has 1 N–H and O–H groups in total. The predicted molar refractivity (Wildman–Crippen MR) is 75.5 cm³/mol. The molecule has 0 atom stereocenters. The van der Waals surface area contributed by atoms with E-state index in [2.05, 4.69) is 5.32 Å². The van der Waals surface area contributed by atoms with Crippen LogP contribution < -0.4 is 5.32 Å². The zero-order valence-electron chi connectivity index (χ0n) is 10.3. The molecule has 18 heavy (non-hydrogen) atoms. The normalized spacial score (nSPS) is 11.1. The maximum Gasteiger partial charge on any atom is 0.152 e. The Morgan fingerprint density at radius 2 is 1.67 bits per heavy atom. The number of carbonyl (C=O) groups excluding carboxylic acids is 1. The summed E-state index contributed by atoms with van der Waals surface area (Å²) < 4.78 is 0. The van der Waals surface area contributed by atoms with Gasteiger partial charge < -0.3 is 5.32 Å². The van der Waals surface area contributed by atoms with Gasteiger partial charge in [0.2, 0.25) is 0 Å². The van der Waals surface area contributed by atoms with Crippen molar-refractivity contribution in [2.24, 2.45) is 0 Å². The molecule has 0 radical (unpaired) electrons. The molecule has 2 heteroatoms. The number of rotatable bonds is 4. The third kappa shape index (κ3) is 2.66. The first kappa shape index (κ1) is 12.1. The van der Waals surface area contributed by atoms with Crippen LogP contribution in [-0.4, -0.2) is 6.29 Å². The van der Waals surface area contributed by atoms with Gasteiger partial charge in [0.25, 0.3) is 0 Å². The van der Waals surface area contributed by atoms with E-state index in [1.165, 1.54) is 0 Å². The monoisotopic (exact) mass is 237 g/mol. The third-order valence-corrected chi connectivity index (χ3v) is 2.73. The number of allylic oxidation sites excluding steroid dienone is 1. The van der Waals surface area contributed by atoms with Gasteiger partial charge >= 0.3 is 0 Å². The van der Waals surface area contributed by atoms with E-state index in [0.717, 1.165) is 23.2 Å². The molecular formula is C16H15NO. The topological polar surface area (TPSA) is 29.1 Å². The zero-order chi connectivity index (χ0) is 12.8. The van der Waals surface area contributed by atoms with Gasteiger partial charge in [-0.2, -0.15) is 0 Å². The molecule has 0 bridgehead atoms. The molecule has 2 aromatic carbocycles. The first-order valence-corrected chi connectivity index (χ1v) is 5.88.